The Kier molecular flexibility index (Phi) is 5.67. The molecule has 4 rings (SSSR count). The van der Waals surface area contributed by atoms with Crippen LogP contribution >= 0.6 is 0 Å². The van der Waals surface area contributed by atoms with E-state index in [4.69, 9.17) is 14.5 Å². The fourth-order valence-corrected chi connectivity index (χ4v) is 4.16. The van der Waals surface area contributed by atoms with Crippen molar-refractivity contribution in [3.63, 3.8) is 0 Å². The molecule has 0 aliphatic carbocycles. The molecule has 0 N–H and O–H groups in total. The summed E-state index contributed by atoms with van der Waals surface area (Å²) in [4.78, 5) is 26.6. The number of amides is 1. The number of fused-ring (bicyclic) bond motifs is 1. The molecule has 1 aromatic carbocycles. The molecular formula is C22H28N4O3. The quantitative estimate of drug-likeness (QED) is 0.771. The van der Waals surface area contributed by atoms with Gasteiger partial charge in [-0.2, -0.15) is 0 Å². The zero-order valence-electron chi connectivity index (χ0n) is 17.4. The first-order valence-electron chi connectivity index (χ1n) is 10.1. The number of aromatic nitrogens is 2. The van der Waals surface area contributed by atoms with Gasteiger partial charge in [-0.3, -0.25) is 4.79 Å². The number of likely N-dealkylation sites (N-methyl/N-ethyl adjacent to an activating group) is 1. The lowest BCUT2D eigenvalue weighted by Crippen LogP contribution is -2.30. The fourth-order valence-electron chi connectivity index (χ4n) is 4.16. The van der Waals surface area contributed by atoms with Gasteiger partial charge in [-0.25, -0.2) is 9.97 Å². The first-order chi connectivity index (χ1) is 14.1. The number of hydrogen-bond donors (Lipinski definition) is 0. The Morgan fingerprint density at radius 2 is 2.10 bits per heavy atom. The number of methoxy groups -OCH3 is 2. The Labute approximate surface area is 171 Å². The Bertz CT molecular complexity index is 902. The SMILES string of the molecule is COc1ccc(OC)c(CC(=O)N2CC[C@@H](c3ncc4c(n3)CCN(C)C4)C2)c1. The van der Waals surface area contributed by atoms with Crippen LogP contribution in [0.3, 0.4) is 0 Å². The van der Waals surface area contributed by atoms with Gasteiger partial charge < -0.3 is 19.3 Å². The topological polar surface area (TPSA) is 67.8 Å². The highest BCUT2D eigenvalue weighted by Crippen LogP contribution is 2.29. The maximum atomic E-state index is 12.9. The number of benzene rings is 1. The zero-order valence-corrected chi connectivity index (χ0v) is 17.4. The van der Waals surface area contributed by atoms with Crippen molar-refractivity contribution in [2.24, 2.45) is 0 Å². The standard InChI is InChI=1S/C22H28N4O3/c1-25-8-7-19-17(13-25)12-23-22(24-19)15-6-9-26(14-15)21(27)11-16-10-18(28-2)4-5-20(16)29-3/h4-5,10,12,15H,6-9,11,13-14H2,1-3H3/t15-/m1/s1. The maximum Gasteiger partial charge on any atom is 0.227 e. The molecule has 1 fully saturated rings. The van der Waals surface area contributed by atoms with Crippen molar-refractivity contribution in [2.45, 2.75) is 31.7 Å². The van der Waals surface area contributed by atoms with Gasteiger partial charge in [-0.15, -0.1) is 0 Å². The molecule has 0 spiro atoms. The first-order valence-corrected chi connectivity index (χ1v) is 10.1. The van der Waals surface area contributed by atoms with Crippen LogP contribution in [0.15, 0.2) is 24.4 Å². The Hall–Kier alpha value is -2.67. The summed E-state index contributed by atoms with van der Waals surface area (Å²) in [5.41, 5.74) is 3.23. The lowest BCUT2D eigenvalue weighted by Gasteiger charge is -2.24. The number of ether oxygens (including phenoxy) is 2. The molecule has 1 aromatic heterocycles. The lowest BCUT2D eigenvalue weighted by atomic mass is 10.1. The summed E-state index contributed by atoms with van der Waals surface area (Å²) in [5, 5.41) is 0. The summed E-state index contributed by atoms with van der Waals surface area (Å²) in [7, 11) is 5.36. The van der Waals surface area contributed by atoms with Crippen molar-refractivity contribution in [2.75, 3.05) is 40.9 Å². The summed E-state index contributed by atoms with van der Waals surface area (Å²) in [6.07, 6.45) is 4.13. The number of likely N-dealkylation sites (tertiary alicyclic amines) is 1. The van der Waals surface area contributed by atoms with Crippen LogP contribution in [-0.4, -0.2) is 66.6 Å². The maximum absolute atomic E-state index is 12.9. The van der Waals surface area contributed by atoms with Crippen molar-refractivity contribution in [3.8, 4) is 11.5 Å². The Balaban J connectivity index is 1.43. The van der Waals surface area contributed by atoms with Crippen molar-refractivity contribution in [1.29, 1.82) is 0 Å². The van der Waals surface area contributed by atoms with E-state index < -0.39 is 0 Å². The van der Waals surface area contributed by atoms with Gasteiger partial charge in [0.25, 0.3) is 0 Å². The number of carbonyl (C=O) groups excluding carboxylic acids is 1. The van der Waals surface area contributed by atoms with Crippen LogP contribution < -0.4 is 9.47 Å². The van der Waals surface area contributed by atoms with E-state index in [0.717, 1.165) is 49.6 Å². The molecule has 2 aromatic rings. The molecule has 1 atom stereocenters. The average molecular weight is 396 g/mol. The van der Waals surface area contributed by atoms with E-state index in [1.54, 1.807) is 14.2 Å². The third-order valence-electron chi connectivity index (χ3n) is 5.88. The van der Waals surface area contributed by atoms with Crippen LogP contribution in [0.5, 0.6) is 11.5 Å². The molecule has 29 heavy (non-hydrogen) atoms. The van der Waals surface area contributed by atoms with E-state index in [2.05, 4.69) is 16.9 Å². The zero-order chi connectivity index (χ0) is 20.4. The normalized spacial score (nSPS) is 19.1. The van der Waals surface area contributed by atoms with Gasteiger partial charge in [0.2, 0.25) is 5.91 Å². The molecule has 0 unspecified atom stereocenters. The summed E-state index contributed by atoms with van der Waals surface area (Å²) < 4.78 is 10.7. The van der Waals surface area contributed by atoms with E-state index in [1.807, 2.05) is 29.3 Å². The van der Waals surface area contributed by atoms with Crippen LogP contribution in [0.1, 0.15) is 35.0 Å². The van der Waals surface area contributed by atoms with E-state index >= 15 is 0 Å². The second-order valence-corrected chi connectivity index (χ2v) is 7.87. The average Bonchev–Trinajstić information content (AvgIpc) is 3.23. The first kappa shape index (κ1) is 19.6. The smallest absolute Gasteiger partial charge is 0.227 e. The molecule has 154 valence electrons. The van der Waals surface area contributed by atoms with Crippen LogP contribution in [0.25, 0.3) is 0 Å². The molecule has 0 bridgehead atoms. The third-order valence-corrected chi connectivity index (χ3v) is 5.88. The molecule has 0 saturated carbocycles. The Morgan fingerprint density at radius 1 is 1.24 bits per heavy atom. The van der Waals surface area contributed by atoms with Crippen LogP contribution in [-0.2, 0) is 24.2 Å². The second-order valence-electron chi connectivity index (χ2n) is 7.87. The van der Waals surface area contributed by atoms with Gasteiger partial charge in [0.15, 0.2) is 0 Å². The van der Waals surface area contributed by atoms with Crippen molar-refractivity contribution < 1.29 is 14.3 Å². The third kappa shape index (κ3) is 4.19. The van der Waals surface area contributed by atoms with Crippen LogP contribution in [0, 0.1) is 0 Å². The van der Waals surface area contributed by atoms with Crippen molar-refractivity contribution >= 4 is 5.91 Å². The molecule has 2 aliphatic rings. The van der Waals surface area contributed by atoms with Crippen molar-refractivity contribution in [3.05, 3.63) is 47.0 Å². The van der Waals surface area contributed by atoms with Gasteiger partial charge in [0.05, 0.1) is 20.6 Å². The van der Waals surface area contributed by atoms with E-state index in [9.17, 15) is 4.79 Å². The minimum atomic E-state index is 0.0960. The van der Waals surface area contributed by atoms with Gasteiger partial charge in [0.1, 0.15) is 17.3 Å². The predicted octanol–water partition coefficient (Wildman–Crippen LogP) is 2.04. The molecule has 1 amide bonds. The lowest BCUT2D eigenvalue weighted by molar-refractivity contribution is -0.129. The highest BCUT2D eigenvalue weighted by molar-refractivity contribution is 5.80. The van der Waals surface area contributed by atoms with Crippen molar-refractivity contribution in [1.82, 2.24) is 19.8 Å². The molecule has 2 aliphatic heterocycles. The molecule has 3 heterocycles. The van der Waals surface area contributed by atoms with Gasteiger partial charge >= 0.3 is 0 Å². The van der Waals surface area contributed by atoms with E-state index in [1.165, 1.54) is 11.3 Å². The number of nitrogens with zero attached hydrogens (tertiary/aromatic N) is 4. The summed E-state index contributed by atoms with van der Waals surface area (Å²) >= 11 is 0. The largest absolute Gasteiger partial charge is 0.497 e. The highest BCUT2D eigenvalue weighted by atomic mass is 16.5. The molecule has 7 heteroatoms. The summed E-state index contributed by atoms with van der Waals surface area (Å²) in [6, 6.07) is 5.55. The number of carbonyl (C=O) groups is 1. The minimum Gasteiger partial charge on any atom is -0.497 e. The molecule has 0 radical (unpaired) electrons. The monoisotopic (exact) mass is 396 g/mol. The minimum absolute atomic E-state index is 0.0960. The second kappa shape index (κ2) is 8.37. The summed E-state index contributed by atoms with van der Waals surface area (Å²) in [6.45, 7) is 3.34. The van der Waals surface area contributed by atoms with Gasteiger partial charge in [-0.1, -0.05) is 0 Å². The van der Waals surface area contributed by atoms with E-state index in [0.29, 0.717) is 18.7 Å². The molecule has 1 saturated heterocycles. The fraction of sp³-hybridized carbons (Fsp3) is 0.500. The number of rotatable bonds is 5. The predicted molar refractivity (Wildman–Crippen MR) is 109 cm³/mol. The Morgan fingerprint density at radius 3 is 2.90 bits per heavy atom. The van der Waals surface area contributed by atoms with Gasteiger partial charge in [-0.05, 0) is 31.7 Å². The number of hydrogen-bond acceptors (Lipinski definition) is 6. The van der Waals surface area contributed by atoms with Crippen LogP contribution in [0.4, 0.5) is 0 Å². The summed E-state index contributed by atoms with van der Waals surface area (Å²) in [5.74, 6) is 2.61. The molecule has 7 nitrogen and oxygen atoms in total. The molecular weight excluding hydrogens is 368 g/mol. The van der Waals surface area contributed by atoms with Gasteiger partial charge in [0, 0.05) is 61.5 Å². The highest BCUT2D eigenvalue weighted by Gasteiger charge is 2.30. The van der Waals surface area contributed by atoms with Crippen LogP contribution in [0.2, 0.25) is 0 Å². The van der Waals surface area contributed by atoms with E-state index in [-0.39, 0.29) is 11.8 Å².